The number of hydrogen-bond acceptors (Lipinski definition) is 3. The molecule has 2 saturated carbocycles. The number of piperidine rings is 1. The average molecular weight is 361 g/mol. The lowest BCUT2D eigenvalue weighted by molar-refractivity contribution is -0.142. The van der Waals surface area contributed by atoms with Crippen LogP contribution in [0.4, 0.5) is 4.79 Å². The highest BCUT2D eigenvalue weighted by Crippen LogP contribution is 2.39. The molecule has 4 atom stereocenters. The molecule has 6 nitrogen and oxygen atoms in total. The molecular formula is C20H31N3O3. The number of rotatable bonds is 2. The van der Waals surface area contributed by atoms with Gasteiger partial charge in [0.15, 0.2) is 0 Å². The maximum Gasteiger partial charge on any atom is 0.325 e. The van der Waals surface area contributed by atoms with Crippen LogP contribution in [0.2, 0.25) is 0 Å². The van der Waals surface area contributed by atoms with E-state index in [9.17, 15) is 14.4 Å². The van der Waals surface area contributed by atoms with Crippen molar-refractivity contribution in [2.24, 2.45) is 17.8 Å². The van der Waals surface area contributed by atoms with E-state index in [1.807, 2.05) is 11.8 Å². The standard InChI is InChI=1S/C20H31N3O3/c1-14-6-4-5-10-20(14)18(25)23(19(26)21-20)13-17(24)22-11-9-15-7-2-3-8-16(15)12-22/h14-16H,2-13H2,1H3,(H,21,26)/t14-,15-,16+,20+/m0/s1. The highest BCUT2D eigenvalue weighted by Gasteiger charge is 2.55. The van der Waals surface area contributed by atoms with Crippen molar-refractivity contribution >= 4 is 17.8 Å². The normalized spacial score (nSPS) is 37.7. The Balaban J connectivity index is 1.41. The van der Waals surface area contributed by atoms with Gasteiger partial charge in [0.25, 0.3) is 5.91 Å². The zero-order valence-electron chi connectivity index (χ0n) is 15.8. The van der Waals surface area contributed by atoms with Crippen LogP contribution in [0, 0.1) is 17.8 Å². The number of hydrogen-bond donors (Lipinski definition) is 1. The van der Waals surface area contributed by atoms with Crippen molar-refractivity contribution in [1.82, 2.24) is 15.1 Å². The van der Waals surface area contributed by atoms with Crippen molar-refractivity contribution in [3.8, 4) is 0 Å². The van der Waals surface area contributed by atoms with Gasteiger partial charge in [0, 0.05) is 13.1 Å². The Morgan fingerprint density at radius 2 is 1.81 bits per heavy atom. The number of imide groups is 1. The quantitative estimate of drug-likeness (QED) is 0.769. The first kappa shape index (κ1) is 17.8. The first-order valence-corrected chi connectivity index (χ1v) is 10.4. The van der Waals surface area contributed by atoms with Gasteiger partial charge in [-0.3, -0.25) is 14.5 Å². The van der Waals surface area contributed by atoms with Gasteiger partial charge in [-0.1, -0.05) is 39.0 Å². The molecule has 4 rings (SSSR count). The highest BCUT2D eigenvalue weighted by atomic mass is 16.2. The molecule has 1 N–H and O–H groups in total. The van der Waals surface area contributed by atoms with Gasteiger partial charge in [-0.05, 0) is 43.4 Å². The summed E-state index contributed by atoms with van der Waals surface area (Å²) in [6.45, 7) is 3.51. The van der Waals surface area contributed by atoms with Crippen molar-refractivity contribution in [2.75, 3.05) is 19.6 Å². The molecule has 2 aliphatic heterocycles. The molecule has 0 bridgehead atoms. The van der Waals surface area contributed by atoms with Crippen molar-refractivity contribution in [1.29, 1.82) is 0 Å². The van der Waals surface area contributed by atoms with E-state index in [0.717, 1.165) is 44.7 Å². The van der Waals surface area contributed by atoms with Crippen LogP contribution in [0.5, 0.6) is 0 Å². The summed E-state index contributed by atoms with van der Waals surface area (Å²) < 4.78 is 0. The van der Waals surface area contributed by atoms with E-state index in [0.29, 0.717) is 12.3 Å². The van der Waals surface area contributed by atoms with Crippen LogP contribution in [0.15, 0.2) is 0 Å². The zero-order valence-corrected chi connectivity index (χ0v) is 15.8. The molecule has 0 aromatic rings. The second-order valence-electron chi connectivity index (χ2n) is 8.87. The Morgan fingerprint density at radius 1 is 1.08 bits per heavy atom. The summed E-state index contributed by atoms with van der Waals surface area (Å²) >= 11 is 0. The number of nitrogens with zero attached hydrogens (tertiary/aromatic N) is 2. The third kappa shape index (κ3) is 2.91. The second kappa shape index (κ2) is 6.86. The highest BCUT2D eigenvalue weighted by molar-refractivity contribution is 6.09. The minimum Gasteiger partial charge on any atom is -0.341 e. The van der Waals surface area contributed by atoms with Gasteiger partial charge in [0.2, 0.25) is 5.91 Å². The van der Waals surface area contributed by atoms with Crippen LogP contribution in [0.1, 0.15) is 64.7 Å². The lowest BCUT2D eigenvalue weighted by Crippen LogP contribution is -2.54. The van der Waals surface area contributed by atoms with Gasteiger partial charge in [-0.15, -0.1) is 0 Å². The van der Waals surface area contributed by atoms with Crippen LogP contribution in [-0.2, 0) is 9.59 Å². The molecule has 6 heteroatoms. The second-order valence-corrected chi connectivity index (χ2v) is 8.87. The smallest absolute Gasteiger partial charge is 0.325 e. The van der Waals surface area contributed by atoms with Crippen LogP contribution in [0.25, 0.3) is 0 Å². The fourth-order valence-corrected chi connectivity index (χ4v) is 5.70. The molecule has 4 aliphatic rings. The monoisotopic (exact) mass is 361 g/mol. The van der Waals surface area contributed by atoms with E-state index >= 15 is 0 Å². The fraction of sp³-hybridized carbons (Fsp3) is 0.850. The topological polar surface area (TPSA) is 69.7 Å². The van der Waals surface area contributed by atoms with E-state index in [4.69, 9.17) is 0 Å². The summed E-state index contributed by atoms with van der Waals surface area (Å²) in [7, 11) is 0. The summed E-state index contributed by atoms with van der Waals surface area (Å²) in [5.41, 5.74) is -0.772. The van der Waals surface area contributed by atoms with Crippen LogP contribution >= 0.6 is 0 Å². The van der Waals surface area contributed by atoms with Crippen LogP contribution in [-0.4, -0.2) is 52.8 Å². The number of urea groups is 1. The molecule has 0 radical (unpaired) electrons. The summed E-state index contributed by atoms with van der Waals surface area (Å²) in [5, 5.41) is 2.94. The molecule has 1 spiro atoms. The molecule has 0 aromatic carbocycles. The van der Waals surface area contributed by atoms with Gasteiger partial charge >= 0.3 is 6.03 Å². The number of nitrogens with one attached hydrogen (secondary N) is 1. The van der Waals surface area contributed by atoms with Gasteiger partial charge in [0.05, 0.1) is 0 Å². The third-order valence-electron chi connectivity index (χ3n) is 7.44. The molecule has 0 unspecified atom stereocenters. The number of likely N-dealkylation sites (tertiary alicyclic amines) is 1. The van der Waals surface area contributed by atoms with Crippen molar-refractivity contribution in [2.45, 2.75) is 70.3 Å². The van der Waals surface area contributed by atoms with Crippen molar-refractivity contribution in [3.63, 3.8) is 0 Å². The molecular weight excluding hydrogens is 330 g/mol. The van der Waals surface area contributed by atoms with Crippen LogP contribution < -0.4 is 5.32 Å². The maximum absolute atomic E-state index is 13.0. The van der Waals surface area contributed by atoms with E-state index in [1.54, 1.807) is 0 Å². The van der Waals surface area contributed by atoms with E-state index in [1.165, 1.54) is 30.6 Å². The van der Waals surface area contributed by atoms with Gasteiger partial charge in [-0.2, -0.15) is 0 Å². The number of amides is 4. The SMILES string of the molecule is C[C@H]1CCCC[C@@]12NC(=O)N(CC(=O)N1CC[C@@H]3CCCC[C@@H]3C1)C2=O. The largest absolute Gasteiger partial charge is 0.341 e. The first-order chi connectivity index (χ1) is 12.5. The lowest BCUT2D eigenvalue weighted by Gasteiger charge is -2.41. The van der Waals surface area contributed by atoms with Crippen molar-refractivity contribution in [3.05, 3.63) is 0 Å². The molecule has 2 heterocycles. The van der Waals surface area contributed by atoms with E-state index in [-0.39, 0.29) is 30.3 Å². The molecule has 144 valence electrons. The lowest BCUT2D eigenvalue weighted by atomic mass is 9.73. The molecule has 4 fully saturated rings. The molecule has 2 saturated heterocycles. The summed E-state index contributed by atoms with van der Waals surface area (Å²) in [6.07, 6.45) is 9.83. The van der Waals surface area contributed by atoms with Gasteiger partial charge in [-0.25, -0.2) is 4.79 Å². The number of fused-ring (bicyclic) bond motifs is 1. The number of carbonyl (C=O) groups excluding carboxylic acids is 3. The Hall–Kier alpha value is -1.59. The van der Waals surface area contributed by atoms with Gasteiger partial charge < -0.3 is 10.2 Å². The average Bonchev–Trinajstić information content (AvgIpc) is 2.89. The van der Waals surface area contributed by atoms with E-state index < -0.39 is 5.54 Å². The predicted octanol–water partition coefficient (Wildman–Crippen LogP) is 2.53. The van der Waals surface area contributed by atoms with Gasteiger partial charge in [0.1, 0.15) is 12.1 Å². The summed E-state index contributed by atoms with van der Waals surface area (Å²) in [4.78, 5) is 41.4. The Bertz CT molecular complexity index is 607. The number of carbonyl (C=O) groups is 3. The maximum atomic E-state index is 13.0. The Labute approximate surface area is 155 Å². The van der Waals surface area contributed by atoms with Crippen LogP contribution in [0.3, 0.4) is 0 Å². The molecule has 2 aliphatic carbocycles. The molecule has 0 aromatic heterocycles. The predicted molar refractivity (Wildman–Crippen MR) is 97.3 cm³/mol. The summed E-state index contributed by atoms with van der Waals surface area (Å²) in [6, 6.07) is -0.385. The molecule has 26 heavy (non-hydrogen) atoms. The Kier molecular flexibility index (Phi) is 4.70. The third-order valence-corrected chi connectivity index (χ3v) is 7.44. The Morgan fingerprint density at radius 3 is 2.58 bits per heavy atom. The fourth-order valence-electron chi connectivity index (χ4n) is 5.70. The zero-order chi connectivity index (χ0) is 18.3. The van der Waals surface area contributed by atoms with E-state index in [2.05, 4.69) is 5.32 Å². The summed E-state index contributed by atoms with van der Waals surface area (Å²) in [5.74, 6) is 1.24. The first-order valence-electron chi connectivity index (χ1n) is 10.4. The minimum atomic E-state index is -0.772. The molecule has 4 amide bonds. The van der Waals surface area contributed by atoms with Crippen molar-refractivity contribution < 1.29 is 14.4 Å². The minimum absolute atomic E-state index is 0.0713.